The van der Waals surface area contributed by atoms with Crippen molar-refractivity contribution in [2.75, 3.05) is 32.8 Å². The van der Waals surface area contributed by atoms with Crippen LogP contribution >= 0.6 is 0 Å². The molecule has 1 saturated heterocycles. The van der Waals surface area contributed by atoms with Crippen LogP contribution < -0.4 is 5.32 Å². The first-order valence-corrected chi connectivity index (χ1v) is 4.98. The molecule has 0 saturated carbocycles. The minimum Gasteiger partial charge on any atom is -0.314 e. The molecular formula is C9H17F3N2O. The molecule has 3 nitrogen and oxygen atoms in total. The predicted molar refractivity (Wildman–Crippen MR) is 50.5 cm³/mol. The van der Waals surface area contributed by atoms with Crippen molar-refractivity contribution in [2.24, 2.45) is 0 Å². The topological polar surface area (TPSA) is 24.5 Å². The summed E-state index contributed by atoms with van der Waals surface area (Å²) in [4.78, 5) is 2.01. The zero-order valence-electron chi connectivity index (χ0n) is 9.02. The molecule has 0 bridgehead atoms. The molecule has 0 aromatic carbocycles. The summed E-state index contributed by atoms with van der Waals surface area (Å²) < 4.78 is 39.0. The van der Waals surface area contributed by atoms with Gasteiger partial charge in [-0.2, -0.15) is 0 Å². The zero-order chi connectivity index (χ0) is 11.5. The van der Waals surface area contributed by atoms with E-state index in [1.807, 2.05) is 18.7 Å². The summed E-state index contributed by atoms with van der Waals surface area (Å²) >= 11 is 0. The van der Waals surface area contributed by atoms with E-state index in [9.17, 15) is 13.2 Å². The van der Waals surface area contributed by atoms with E-state index in [2.05, 4.69) is 10.1 Å². The lowest BCUT2D eigenvalue weighted by molar-refractivity contribution is -0.325. The molecule has 0 amide bonds. The summed E-state index contributed by atoms with van der Waals surface area (Å²) in [5.41, 5.74) is -0.104. The number of nitrogens with one attached hydrogen (secondary N) is 1. The molecule has 1 rings (SSSR count). The summed E-state index contributed by atoms with van der Waals surface area (Å²) in [6.07, 6.45) is -4.52. The van der Waals surface area contributed by atoms with Crippen molar-refractivity contribution in [3.05, 3.63) is 0 Å². The summed E-state index contributed by atoms with van der Waals surface area (Å²) in [5.74, 6) is 0. The van der Waals surface area contributed by atoms with Crippen LogP contribution in [0.4, 0.5) is 13.2 Å². The van der Waals surface area contributed by atoms with E-state index < -0.39 is 6.36 Å². The first kappa shape index (κ1) is 12.7. The number of nitrogens with zero attached hydrogens (tertiary/aromatic N) is 1. The molecule has 1 aliphatic heterocycles. The van der Waals surface area contributed by atoms with E-state index in [1.54, 1.807) is 0 Å². The number of rotatable bonds is 3. The molecular weight excluding hydrogens is 209 g/mol. The van der Waals surface area contributed by atoms with Crippen molar-refractivity contribution >= 4 is 0 Å². The van der Waals surface area contributed by atoms with Gasteiger partial charge in [0.2, 0.25) is 0 Å². The third kappa shape index (κ3) is 4.36. The number of halogens is 3. The summed E-state index contributed by atoms with van der Waals surface area (Å²) in [5, 5.41) is 3.21. The van der Waals surface area contributed by atoms with E-state index in [-0.39, 0.29) is 12.1 Å². The van der Waals surface area contributed by atoms with Crippen LogP contribution in [-0.4, -0.2) is 49.6 Å². The lowest BCUT2D eigenvalue weighted by Gasteiger charge is -2.42. The molecule has 90 valence electrons. The minimum atomic E-state index is -4.52. The van der Waals surface area contributed by atoms with Crippen LogP contribution in [0.1, 0.15) is 13.8 Å². The fraction of sp³-hybridized carbons (Fsp3) is 1.00. The normalized spacial score (nSPS) is 23.0. The number of hydrogen-bond donors (Lipinski definition) is 1. The third-order valence-corrected chi connectivity index (χ3v) is 2.60. The van der Waals surface area contributed by atoms with Gasteiger partial charge in [0.15, 0.2) is 0 Å². The maximum absolute atomic E-state index is 11.7. The van der Waals surface area contributed by atoms with E-state index in [4.69, 9.17) is 0 Å². The van der Waals surface area contributed by atoms with Gasteiger partial charge in [0.25, 0.3) is 0 Å². The highest BCUT2D eigenvalue weighted by molar-refractivity contribution is 4.87. The molecule has 0 aromatic heterocycles. The summed E-state index contributed by atoms with van der Waals surface area (Å²) in [6, 6.07) is 0. The van der Waals surface area contributed by atoms with Crippen LogP contribution in [0, 0.1) is 0 Å². The Bertz CT molecular complexity index is 206. The first-order chi connectivity index (χ1) is 6.81. The standard InChI is InChI=1S/C9H17F3N2O/c1-8(2)7-13-3-4-14(8)5-6-15-9(10,11)12/h13H,3-7H2,1-2H3. The Morgan fingerprint density at radius 1 is 1.40 bits per heavy atom. The van der Waals surface area contributed by atoms with Crippen LogP contribution in [0.2, 0.25) is 0 Å². The predicted octanol–water partition coefficient (Wildman–Crippen LogP) is 1.21. The average molecular weight is 226 g/mol. The van der Waals surface area contributed by atoms with Crippen LogP contribution in [0.25, 0.3) is 0 Å². The highest BCUT2D eigenvalue weighted by atomic mass is 19.4. The Labute approximate surface area is 87.6 Å². The van der Waals surface area contributed by atoms with Crippen LogP contribution in [-0.2, 0) is 4.74 Å². The largest absolute Gasteiger partial charge is 0.522 e. The lowest BCUT2D eigenvalue weighted by Crippen LogP contribution is -2.58. The van der Waals surface area contributed by atoms with Gasteiger partial charge in [-0.25, -0.2) is 0 Å². The van der Waals surface area contributed by atoms with Gasteiger partial charge in [-0.15, -0.1) is 13.2 Å². The molecule has 0 aromatic rings. The van der Waals surface area contributed by atoms with E-state index >= 15 is 0 Å². The lowest BCUT2D eigenvalue weighted by atomic mass is 10.0. The number of alkyl halides is 3. The van der Waals surface area contributed by atoms with Crippen molar-refractivity contribution in [1.82, 2.24) is 10.2 Å². The van der Waals surface area contributed by atoms with Crippen LogP contribution in [0.3, 0.4) is 0 Å². The van der Waals surface area contributed by atoms with Gasteiger partial charge >= 0.3 is 6.36 Å². The minimum absolute atomic E-state index is 0.104. The molecule has 0 spiro atoms. The Balaban J connectivity index is 2.31. The van der Waals surface area contributed by atoms with E-state index in [1.165, 1.54) is 0 Å². The van der Waals surface area contributed by atoms with Crippen molar-refractivity contribution < 1.29 is 17.9 Å². The smallest absolute Gasteiger partial charge is 0.314 e. The second-order valence-corrected chi connectivity index (χ2v) is 4.27. The van der Waals surface area contributed by atoms with Gasteiger partial charge in [-0.3, -0.25) is 9.64 Å². The average Bonchev–Trinajstić information content (AvgIpc) is 2.05. The second kappa shape index (κ2) is 4.67. The second-order valence-electron chi connectivity index (χ2n) is 4.27. The monoisotopic (exact) mass is 226 g/mol. The summed E-state index contributed by atoms with van der Waals surface area (Å²) in [7, 11) is 0. The van der Waals surface area contributed by atoms with Gasteiger partial charge < -0.3 is 5.32 Å². The molecule has 0 unspecified atom stereocenters. The van der Waals surface area contributed by atoms with Gasteiger partial charge in [-0.05, 0) is 13.8 Å². The molecule has 15 heavy (non-hydrogen) atoms. The van der Waals surface area contributed by atoms with Crippen molar-refractivity contribution in [2.45, 2.75) is 25.7 Å². The maximum atomic E-state index is 11.7. The van der Waals surface area contributed by atoms with Crippen molar-refractivity contribution in [1.29, 1.82) is 0 Å². The zero-order valence-corrected chi connectivity index (χ0v) is 9.02. The molecule has 1 aliphatic rings. The Hall–Kier alpha value is -0.330. The summed E-state index contributed by atoms with van der Waals surface area (Å²) in [6.45, 7) is 6.39. The van der Waals surface area contributed by atoms with Crippen molar-refractivity contribution in [3.63, 3.8) is 0 Å². The maximum Gasteiger partial charge on any atom is 0.522 e. The molecule has 1 N–H and O–H groups in total. The highest BCUT2D eigenvalue weighted by Gasteiger charge is 2.32. The Morgan fingerprint density at radius 3 is 2.60 bits per heavy atom. The Morgan fingerprint density at radius 2 is 2.07 bits per heavy atom. The quantitative estimate of drug-likeness (QED) is 0.782. The molecule has 0 aliphatic carbocycles. The fourth-order valence-corrected chi connectivity index (χ4v) is 1.71. The fourth-order valence-electron chi connectivity index (χ4n) is 1.71. The van der Waals surface area contributed by atoms with Gasteiger partial charge in [0.1, 0.15) is 0 Å². The van der Waals surface area contributed by atoms with Crippen LogP contribution in [0.5, 0.6) is 0 Å². The number of ether oxygens (including phenoxy) is 1. The van der Waals surface area contributed by atoms with Gasteiger partial charge in [0, 0.05) is 31.7 Å². The molecule has 6 heteroatoms. The van der Waals surface area contributed by atoms with Crippen molar-refractivity contribution in [3.8, 4) is 0 Å². The van der Waals surface area contributed by atoms with Crippen LogP contribution in [0.15, 0.2) is 0 Å². The number of piperazine rings is 1. The molecule has 1 fully saturated rings. The first-order valence-electron chi connectivity index (χ1n) is 4.98. The SMILES string of the molecule is CC1(C)CNCCN1CCOC(F)(F)F. The third-order valence-electron chi connectivity index (χ3n) is 2.60. The highest BCUT2D eigenvalue weighted by Crippen LogP contribution is 2.18. The van der Waals surface area contributed by atoms with E-state index in [0.29, 0.717) is 6.54 Å². The van der Waals surface area contributed by atoms with E-state index in [0.717, 1.165) is 19.6 Å². The van der Waals surface area contributed by atoms with Gasteiger partial charge in [-0.1, -0.05) is 0 Å². The number of hydrogen-bond acceptors (Lipinski definition) is 3. The van der Waals surface area contributed by atoms with Gasteiger partial charge in [0.05, 0.1) is 6.61 Å². The molecule has 1 heterocycles. The molecule has 0 radical (unpaired) electrons. The Kier molecular flexibility index (Phi) is 3.97. The molecule has 0 atom stereocenters.